The Morgan fingerprint density at radius 1 is 1.40 bits per heavy atom. The van der Waals surface area contributed by atoms with Gasteiger partial charge >= 0.3 is 0 Å². The molecule has 0 atom stereocenters. The van der Waals surface area contributed by atoms with Crippen molar-refractivity contribution in [3.8, 4) is 5.69 Å². The standard InChI is InChI=1S/C12H8BrN5OS/c13-8-2-1-3-9(6-8)18-7-10(16-17-18)11(19)15-12-14-4-5-20-12/h1-7H,(H,14,15,19). The lowest BCUT2D eigenvalue weighted by Gasteiger charge is -1.99. The Morgan fingerprint density at radius 3 is 3.05 bits per heavy atom. The Labute approximate surface area is 126 Å². The number of carbonyl (C=O) groups excluding carboxylic acids is 1. The Kier molecular flexibility index (Phi) is 3.57. The van der Waals surface area contributed by atoms with Crippen LogP contribution in [0.3, 0.4) is 0 Å². The summed E-state index contributed by atoms with van der Waals surface area (Å²) in [5, 5.41) is 12.8. The molecule has 1 N–H and O–H groups in total. The van der Waals surface area contributed by atoms with Crippen molar-refractivity contribution in [3.05, 3.63) is 52.2 Å². The molecule has 1 amide bonds. The summed E-state index contributed by atoms with van der Waals surface area (Å²) < 4.78 is 2.47. The van der Waals surface area contributed by atoms with Crippen molar-refractivity contribution in [1.29, 1.82) is 0 Å². The SMILES string of the molecule is O=C(Nc1nccs1)c1cn(-c2cccc(Br)c2)nn1. The topological polar surface area (TPSA) is 72.7 Å². The number of amides is 1. The average molecular weight is 350 g/mol. The molecule has 0 aliphatic rings. The van der Waals surface area contributed by atoms with Crippen molar-refractivity contribution in [2.24, 2.45) is 0 Å². The quantitative estimate of drug-likeness (QED) is 0.788. The first-order valence-corrected chi connectivity index (χ1v) is 7.29. The molecular formula is C12H8BrN5OS. The van der Waals surface area contributed by atoms with E-state index in [-0.39, 0.29) is 11.6 Å². The third-order valence-corrected chi connectivity index (χ3v) is 3.63. The van der Waals surface area contributed by atoms with Crippen molar-refractivity contribution in [2.75, 3.05) is 5.32 Å². The lowest BCUT2D eigenvalue weighted by atomic mass is 10.3. The molecule has 6 nitrogen and oxygen atoms in total. The molecule has 0 radical (unpaired) electrons. The van der Waals surface area contributed by atoms with Gasteiger partial charge in [-0.15, -0.1) is 16.4 Å². The summed E-state index contributed by atoms with van der Waals surface area (Å²) in [6, 6.07) is 7.56. The van der Waals surface area contributed by atoms with Crippen LogP contribution in [0, 0.1) is 0 Å². The predicted octanol–water partition coefficient (Wildman–Crippen LogP) is 2.74. The second-order valence-corrected chi connectivity index (χ2v) is 5.63. The number of hydrogen-bond acceptors (Lipinski definition) is 5. The molecule has 2 aromatic heterocycles. The molecule has 0 unspecified atom stereocenters. The molecule has 0 aliphatic carbocycles. The van der Waals surface area contributed by atoms with Crippen LogP contribution < -0.4 is 5.32 Å². The first kappa shape index (κ1) is 12.9. The summed E-state index contributed by atoms with van der Waals surface area (Å²) in [5.41, 5.74) is 1.06. The van der Waals surface area contributed by atoms with E-state index < -0.39 is 0 Å². The van der Waals surface area contributed by atoms with Gasteiger partial charge in [0.25, 0.3) is 5.91 Å². The van der Waals surface area contributed by atoms with E-state index in [0.717, 1.165) is 10.2 Å². The maximum absolute atomic E-state index is 12.0. The number of nitrogens with one attached hydrogen (secondary N) is 1. The Balaban J connectivity index is 1.81. The predicted molar refractivity (Wildman–Crippen MR) is 79.1 cm³/mol. The minimum absolute atomic E-state index is 0.236. The van der Waals surface area contributed by atoms with E-state index in [1.54, 1.807) is 22.5 Å². The second kappa shape index (κ2) is 5.51. The molecule has 20 heavy (non-hydrogen) atoms. The zero-order chi connectivity index (χ0) is 13.9. The van der Waals surface area contributed by atoms with Crippen molar-refractivity contribution in [3.63, 3.8) is 0 Å². The maximum Gasteiger partial charge on any atom is 0.279 e. The van der Waals surface area contributed by atoms with Crippen LogP contribution in [0.5, 0.6) is 0 Å². The van der Waals surface area contributed by atoms with Crippen LogP contribution in [-0.4, -0.2) is 25.9 Å². The summed E-state index contributed by atoms with van der Waals surface area (Å²) in [4.78, 5) is 15.9. The zero-order valence-electron chi connectivity index (χ0n) is 10.0. The minimum atomic E-state index is -0.332. The van der Waals surface area contributed by atoms with Crippen LogP contribution in [0.1, 0.15) is 10.5 Å². The van der Waals surface area contributed by atoms with Crippen molar-refractivity contribution in [2.45, 2.75) is 0 Å². The van der Waals surface area contributed by atoms with Crippen LogP contribution in [0.4, 0.5) is 5.13 Å². The number of thiazole rings is 1. The Hall–Kier alpha value is -2.06. The molecule has 0 saturated carbocycles. The van der Waals surface area contributed by atoms with Crippen molar-refractivity contribution < 1.29 is 4.79 Å². The number of hydrogen-bond donors (Lipinski definition) is 1. The minimum Gasteiger partial charge on any atom is -0.296 e. The van der Waals surface area contributed by atoms with E-state index in [4.69, 9.17) is 0 Å². The van der Waals surface area contributed by atoms with Crippen LogP contribution in [-0.2, 0) is 0 Å². The number of aromatic nitrogens is 4. The van der Waals surface area contributed by atoms with Gasteiger partial charge in [-0.25, -0.2) is 9.67 Å². The number of halogens is 1. The summed E-state index contributed by atoms with van der Waals surface area (Å²) in [7, 11) is 0. The molecule has 0 saturated heterocycles. The summed E-state index contributed by atoms with van der Waals surface area (Å²) in [6.07, 6.45) is 3.20. The van der Waals surface area contributed by atoms with Gasteiger partial charge in [-0.05, 0) is 18.2 Å². The molecule has 0 bridgehead atoms. The van der Waals surface area contributed by atoms with E-state index >= 15 is 0 Å². The lowest BCUT2D eigenvalue weighted by Crippen LogP contribution is -2.12. The van der Waals surface area contributed by atoms with E-state index in [9.17, 15) is 4.79 Å². The highest BCUT2D eigenvalue weighted by Gasteiger charge is 2.12. The Morgan fingerprint density at radius 2 is 2.30 bits per heavy atom. The number of nitrogens with zero attached hydrogens (tertiary/aromatic N) is 4. The fourth-order valence-electron chi connectivity index (χ4n) is 1.56. The van der Waals surface area contributed by atoms with E-state index in [0.29, 0.717) is 5.13 Å². The zero-order valence-corrected chi connectivity index (χ0v) is 12.4. The molecular weight excluding hydrogens is 342 g/mol. The number of anilines is 1. The van der Waals surface area contributed by atoms with Gasteiger partial charge in [-0.3, -0.25) is 10.1 Å². The van der Waals surface area contributed by atoms with E-state index in [2.05, 4.69) is 36.5 Å². The molecule has 3 rings (SSSR count). The van der Waals surface area contributed by atoms with Gasteiger partial charge in [0.05, 0.1) is 11.9 Å². The van der Waals surface area contributed by atoms with Gasteiger partial charge in [-0.2, -0.15) is 0 Å². The number of benzene rings is 1. The number of carbonyl (C=O) groups is 1. The van der Waals surface area contributed by atoms with Crippen LogP contribution in [0.25, 0.3) is 5.69 Å². The third-order valence-electron chi connectivity index (χ3n) is 2.45. The summed E-state index contributed by atoms with van der Waals surface area (Å²) in [5.74, 6) is -0.332. The normalized spacial score (nSPS) is 10.4. The van der Waals surface area contributed by atoms with Crippen molar-refractivity contribution in [1.82, 2.24) is 20.0 Å². The number of rotatable bonds is 3. The molecule has 1 aromatic carbocycles. The largest absolute Gasteiger partial charge is 0.296 e. The van der Waals surface area contributed by atoms with Gasteiger partial charge in [-0.1, -0.05) is 27.2 Å². The van der Waals surface area contributed by atoms with Gasteiger partial charge in [0.2, 0.25) is 0 Å². The summed E-state index contributed by atoms with van der Waals surface area (Å²) >= 11 is 4.73. The van der Waals surface area contributed by atoms with Gasteiger partial charge in [0.15, 0.2) is 10.8 Å². The molecule has 8 heteroatoms. The maximum atomic E-state index is 12.0. The first-order valence-electron chi connectivity index (χ1n) is 5.61. The smallest absolute Gasteiger partial charge is 0.279 e. The molecule has 0 fully saturated rings. The average Bonchev–Trinajstić information content (AvgIpc) is 3.09. The third kappa shape index (κ3) is 2.75. The van der Waals surface area contributed by atoms with Crippen LogP contribution in [0.2, 0.25) is 0 Å². The monoisotopic (exact) mass is 349 g/mol. The fraction of sp³-hybridized carbons (Fsp3) is 0. The summed E-state index contributed by atoms with van der Waals surface area (Å²) in [6.45, 7) is 0. The van der Waals surface area contributed by atoms with E-state index in [1.165, 1.54) is 11.3 Å². The molecule has 2 heterocycles. The van der Waals surface area contributed by atoms with E-state index in [1.807, 2.05) is 24.3 Å². The molecule has 3 aromatic rings. The fourth-order valence-corrected chi connectivity index (χ4v) is 2.47. The van der Waals surface area contributed by atoms with Crippen LogP contribution in [0.15, 0.2) is 46.5 Å². The van der Waals surface area contributed by atoms with Gasteiger partial charge in [0, 0.05) is 16.0 Å². The lowest BCUT2D eigenvalue weighted by molar-refractivity contribution is 0.102. The van der Waals surface area contributed by atoms with Gasteiger partial charge in [0.1, 0.15) is 0 Å². The van der Waals surface area contributed by atoms with Crippen LogP contribution >= 0.6 is 27.3 Å². The highest BCUT2D eigenvalue weighted by atomic mass is 79.9. The molecule has 0 spiro atoms. The first-order chi connectivity index (χ1) is 9.72. The highest BCUT2D eigenvalue weighted by Crippen LogP contribution is 2.15. The highest BCUT2D eigenvalue weighted by molar-refractivity contribution is 9.10. The molecule has 100 valence electrons. The Bertz CT molecular complexity index is 740. The second-order valence-electron chi connectivity index (χ2n) is 3.82. The van der Waals surface area contributed by atoms with Crippen molar-refractivity contribution >= 4 is 38.3 Å². The molecule has 0 aliphatic heterocycles. The van der Waals surface area contributed by atoms with Gasteiger partial charge < -0.3 is 0 Å².